The van der Waals surface area contributed by atoms with Crippen molar-refractivity contribution in [1.29, 1.82) is 0 Å². The van der Waals surface area contributed by atoms with Gasteiger partial charge in [-0.2, -0.15) is 0 Å². The van der Waals surface area contributed by atoms with Crippen LogP contribution in [0.5, 0.6) is 17.2 Å². The van der Waals surface area contributed by atoms with E-state index in [1.54, 1.807) is 6.07 Å². The lowest BCUT2D eigenvalue weighted by Gasteiger charge is -2.34. The molecule has 2 amide bonds. The molecular formula is C35H38ClN3O7S. The lowest BCUT2D eigenvalue weighted by molar-refractivity contribution is -0.139. The van der Waals surface area contributed by atoms with E-state index < -0.39 is 34.4 Å². The van der Waals surface area contributed by atoms with Crippen molar-refractivity contribution in [3.05, 3.63) is 113 Å². The van der Waals surface area contributed by atoms with Gasteiger partial charge in [0.1, 0.15) is 18.3 Å². The molecule has 0 heterocycles. The number of aryl methyl sites for hydroxylation is 1. The molecule has 248 valence electrons. The van der Waals surface area contributed by atoms with E-state index in [-0.39, 0.29) is 40.1 Å². The van der Waals surface area contributed by atoms with E-state index >= 15 is 0 Å². The molecule has 0 radical (unpaired) electrons. The fraction of sp³-hybridized carbons (Fsp3) is 0.257. The van der Waals surface area contributed by atoms with Crippen LogP contribution < -0.4 is 23.8 Å². The summed E-state index contributed by atoms with van der Waals surface area (Å²) in [7, 11) is 1.25. The Kier molecular flexibility index (Phi) is 11.7. The van der Waals surface area contributed by atoms with E-state index in [9.17, 15) is 18.0 Å². The van der Waals surface area contributed by atoms with E-state index in [1.165, 1.54) is 63.6 Å². The highest BCUT2D eigenvalue weighted by Gasteiger charge is 2.36. The number of anilines is 1. The number of carbonyl (C=O) groups excluding carboxylic acids is 2. The van der Waals surface area contributed by atoms with Crippen LogP contribution in [0.25, 0.3) is 0 Å². The average Bonchev–Trinajstić information content (AvgIpc) is 3.09. The van der Waals surface area contributed by atoms with Gasteiger partial charge in [0, 0.05) is 31.1 Å². The van der Waals surface area contributed by atoms with Gasteiger partial charge in [0.15, 0.2) is 11.5 Å². The summed E-state index contributed by atoms with van der Waals surface area (Å²) in [5.41, 5.74) is 2.66. The van der Waals surface area contributed by atoms with Gasteiger partial charge in [0.2, 0.25) is 11.8 Å². The summed E-state index contributed by atoms with van der Waals surface area (Å²) < 4.78 is 46.1. The highest BCUT2D eigenvalue weighted by molar-refractivity contribution is 7.92. The number of hydrogen-bond acceptors (Lipinski definition) is 7. The van der Waals surface area contributed by atoms with E-state index in [4.69, 9.17) is 25.8 Å². The third-order valence-electron chi connectivity index (χ3n) is 7.62. The first kappa shape index (κ1) is 35.1. The Hall–Kier alpha value is -4.74. The Bertz CT molecular complexity index is 1800. The van der Waals surface area contributed by atoms with Crippen LogP contribution in [0.4, 0.5) is 5.69 Å². The molecule has 0 aliphatic heterocycles. The largest absolute Gasteiger partial charge is 0.495 e. The van der Waals surface area contributed by atoms with Crippen molar-refractivity contribution in [3.8, 4) is 17.2 Å². The zero-order valence-corrected chi connectivity index (χ0v) is 28.5. The fourth-order valence-corrected chi connectivity index (χ4v) is 6.69. The normalized spacial score (nSPS) is 11.7. The van der Waals surface area contributed by atoms with E-state index in [2.05, 4.69) is 5.32 Å². The van der Waals surface area contributed by atoms with E-state index in [0.29, 0.717) is 5.75 Å². The van der Waals surface area contributed by atoms with E-state index in [1.807, 2.05) is 61.5 Å². The first-order chi connectivity index (χ1) is 22.5. The second-order valence-corrected chi connectivity index (χ2v) is 13.0. The van der Waals surface area contributed by atoms with Crippen LogP contribution in [0.2, 0.25) is 5.02 Å². The van der Waals surface area contributed by atoms with Gasteiger partial charge in [-0.1, -0.05) is 71.8 Å². The van der Waals surface area contributed by atoms with Crippen molar-refractivity contribution >= 4 is 39.1 Å². The zero-order valence-electron chi connectivity index (χ0n) is 26.9. The van der Waals surface area contributed by atoms with Gasteiger partial charge >= 0.3 is 0 Å². The van der Waals surface area contributed by atoms with Crippen molar-refractivity contribution in [3.63, 3.8) is 0 Å². The van der Waals surface area contributed by atoms with Gasteiger partial charge in [-0.05, 0) is 48.4 Å². The predicted molar refractivity (Wildman–Crippen MR) is 182 cm³/mol. The molecule has 10 nitrogen and oxygen atoms in total. The molecule has 0 aliphatic carbocycles. The SMILES string of the molecule is CNC(=O)C(Cc1ccccc1)N(Cc1ccc(C)cc1)C(=O)CN(c1cc(Cl)ccc1OC)S(=O)(=O)c1ccc(OC)c(OC)c1. The van der Waals surface area contributed by atoms with Crippen molar-refractivity contribution in [2.45, 2.75) is 30.8 Å². The molecule has 4 rings (SSSR count). The number of halogens is 1. The Morgan fingerprint density at radius 3 is 2.06 bits per heavy atom. The molecule has 0 aliphatic rings. The van der Waals surface area contributed by atoms with Crippen molar-refractivity contribution in [2.75, 3.05) is 39.2 Å². The number of nitrogens with zero attached hydrogens (tertiary/aromatic N) is 2. The molecule has 1 unspecified atom stereocenters. The number of methoxy groups -OCH3 is 3. The summed E-state index contributed by atoms with van der Waals surface area (Å²) >= 11 is 6.36. The maximum absolute atomic E-state index is 14.6. The minimum Gasteiger partial charge on any atom is -0.495 e. The molecule has 4 aromatic rings. The highest BCUT2D eigenvalue weighted by Crippen LogP contribution is 2.37. The van der Waals surface area contributed by atoms with Crippen LogP contribution in [0.15, 0.2) is 95.9 Å². The van der Waals surface area contributed by atoms with Crippen molar-refractivity contribution in [2.24, 2.45) is 0 Å². The first-order valence-electron chi connectivity index (χ1n) is 14.7. The molecule has 0 fully saturated rings. The number of nitrogens with one attached hydrogen (secondary N) is 1. The van der Waals surface area contributed by atoms with Gasteiger partial charge in [0.25, 0.3) is 10.0 Å². The summed E-state index contributed by atoms with van der Waals surface area (Å²) in [5, 5.41) is 2.90. The third-order valence-corrected chi connectivity index (χ3v) is 9.61. The minimum absolute atomic E-state index is 0.0398. The molecule has 1 N–H and O–H groups in total. The molecule has 0 aromatic heterocycles. The average molecular weight is 680 g/mol. The van der Waals surface area contributed by atoms with Gasteiger partial charge in [-0.15, -0.1) is 0 Å². The highest BCUT2D eigenvalue weighted by atomic mass is 35.5. The molecule has 4 aromatic carbocycles. The molecule has 12 heteroatoms. The quantitative estimate of drug-likeness (QED) is 0.194. The number of benzene rings is 4. The van der Waals surface area contributed by atoms with Gasteiger partial charge in [0.05, 0.1) is 31.9 Å². The Labute approximate surface area is 280 Å². The first-order valence-corrected chi connectivity index (χ1v) is 16.5. The predicted octanol–water partition coefficient (Wildman–Crippen LogP) is 5.26. The lowest BCUT2D eigenvalue weighted by atomic mass is 10.0. The van der Waals surface area contributed by atoms with Crippen molar-refractivity contribution in [1.82, 2.24) is 10.2 Å². The van der Waals surface area contributed by atoms with Gasteiger partial charge in [-0.25, -0.2) is 8.42 Å². The smallest absolute Gasteiger partial charge is 0.265 e. The summed E-state index contributed by atoms with van der Waals surface area (Å²) in [5.74, 6) is -0.344. The molecule has 0 spiro atoms. The standard InChI is InChI=1S/C35H38ClN3O7S/c1-24-11-13-26(14-12-24)22-38(30(35(41)37-2)19-25-9-7-6-8-10-25)34(40)23-39(29-20-27(36)15-17-31(29)44-3)47(42,43)28-16-18-32(45-4)33(21-28)46-5/h6-18,20-21,30H,19,22-23H2,1-5H3,(H,37,41). The van der Waals surface area contributed by atoms with Crippen LogP contribution in [0.3, 0.4) is 0 Å². The second-order valence-electron chi connectivity index (χ2n) is 10.7. The third kappa shape index (κ3) is 8.35. The van der Waals surface area contributed by atoms with Crippen LogP contribution in [-0.4, -0.2) is 66.1 Å². The fourth-order valence-electron chi connectivity index (χ4n) is 5.09. The van der Waals surface area contributed by atoms with Crippen LogP contribution in [-0.2, 0) is 32.6 Å². The number of likely N-dealkylation sites (N-methyl/N-ethyl adjacent to an activating group) is 1. The topological polar surface area (TPSA) is 114 Å². The zero-order chi connectivity index (χ0) is 34.1. The van der Waals surface area contributed by atoms with Gasteiger partial charge < -0.3 is 24.4 Å². The number of amides is 2. The number of rotatable bonds is 14. The summed E-state index contributed by atoms with van der Waals surface area (Å²) in [6.07, 6.45) is 0.195. The monoisotopic (exact) mass is 679 g/mol. The Morgan fingerprint density at radius 2 is 1.45 bits per heavy atom. The molecule has 0 saturated carbocycles. The van der Waals surface area contributed by atoms with E-state index in [0.717, 1.165) is 21.0 Å². The molecule has 0 bridgehead atoms. The van der Waals surface area contributed by atoms with Crippen LogP contribution in [0.1, 0.15) is 16.7 Å². The molecule has 0 saturated heterocycles. The van der Waals surface area contributed by atoms with Crippen LogP contribution >= 0.6 is 11.6 Å². The molecule has 47 heavy (non-hydrogen) atoms. The number of hydrogen-bond donors (Lipinski definition) is 1. The summed E-state index contributed by atoms with van der Waals surface area (Å²) in [6.45, 7) is 1.31. The lowest BCUT2D eigenvalue weighted by Crippen LogP contribution is -2.53. The number of ether oxygens (including phenoxy) is 3. The molecule has 1 atom stereocenters. The summed E-state index contributed by atoms with van der Waals surface area (Å²) in [6, 6.07) is 24.5. The van der Waals surface area contributed by atoms with Crippen molar-refractivity contribution < 1.29 is 32.2 Å². The Morgan fingerprint density at radius 1 is 0.809 bits per heavy atom. The Balaban J connectivity index is 1.86. The van der Waals surface area contributed by atoms with Crippen LogP contribution in [0, 0.1) is 6.92 Å². The second kappa shape index (κ2) is 15.7. The van der Waals surface area contributed by atoms with Gasteiger partial charge in [-0.3, -0.25) is 13.9 Å². The minimum atomic E-state index is -4.47. The number of carbonyl (C=O) groups is 2. The maximum Gasteiger partial charge on any atom is 0.265 e. The molecular weight excluding hydrogens is 642 g/mol. The summed E-state index contributed by atoms with van der Waals surface area (Å²) in [4.78, 5) is 29.3. The maximum atomic E-state index is 14.6. The number of sulfonamides is 1.